The Hall–Kier alpha value is -1.15. The van der Waals surface area contributed by atoms with Gasteiger partial charge in [0.1, 0.15) is 0 Å². The van der Waals surface area contributed by atoms with Gasteiger partial charge >= 0.3 is 14.4 Å². The van der Waals surface area contributed by atoms with Gasteiger partial charge in [0.05, 0.1) is 0 Å². The number of hydrogen-bond donors (Lipinski definition) is 2. The van der Waals surface area contributed by atoms with Crippen LogP contribution in [0.3, 0.4) is 0 Å². The normalized spacial score (nSPS) is 12.1. The van der Waals surface area contributed by atoms with Crippen molar-refractivity contribution in [1.29, 1.82) is 0 Å². The van der Waals surface area contributed by atoms with Crippen LogP contribution in [0.25, 0.3) is 0 Å². The molecule has 2 aromatic carbocycles. The van der Waals surface area contributed by atoms with Crippen molar-refractivity contribution in [1.82, 2.24) is 0 Å². The monoisotopic (exact) mass is 578 g/mol. The van der Waals surface area contributed by atoms with Crippen molar-refractivity contribution in [3.05, 3.63) is 62.1 Å². The number of halogens is 1. The van der Waals surface area contributed by atoms with Crippen LogP contribution in [0.2, 0.25) is 0 Å². The molecule has 2 rings (SSSR count). The molecule has 0 saturated carbocycles. The molecule has 2 atom stereocenters. The van der Waals surface area contributed by atoms with E-state index >= 15 is 0 Å². The van der Waals surface area contributed by atoms with E-state index < -0.39 is 14.4 Å². The van der Waals surface area contributed by atoms with Crippen molar-refractivity contribution in [3.8, 4) is 0 Å². The van der Waals surface area contributed by atoms with Crippen molar-refractivity contribution in [3.63, 3.8) is 0 Å². The third kappa shape index (κ3) is 13.5. The minimum Gasteiger partial charge on any atom is -0.423 e. The highest BCUT2D eigenvalue weighted by atomic mass is 79.9. The lowest BCUT2D eigenvalue weighted by atomic mass is 9.77. The van der Waals surface area contributed by atoms with E-state index in [1.807, 2.05) is 26.0 Å². The third-order valence-corrected chi connectivity index (χ3v) is 7.21. The largest absolute Gasteiger partial charge is 0.638 e. The zero-order valence-corrected chi connectivity index (χ0v) is 26.5. The van der Waals surface area contributed by atoms with Crippen LogP contribution in [0.15, 0.2) is 28.7 Å². The minimum atomic E-state index is -1.37. The summed E-state index contributed by atoms with van der Waals surface area (Å²) in [5.41, 5.74) is 8.60. The molecule has 5 nitrogen and oxygen atoms in total. The predicted molar refractivity (Wildman–Crippen MR) is 162 cm³/mol. The van der Waals surface area contributed by atoms with Crippen LogP contribution in [0.1, 0.15) is 73.9 Å². The molecule has 0 aromatic heterocycles. The van der Waals surface area contributed by atoms with Crippen LogP contribution in [0.5, 0.6) is 0 Å². The van der Waals surface area contributed by atoms with Gasteiger partial charge in [-0.3, -0.25) is 0 Å². The van der Waals surface area contributed by atoms with E-state index in [-0.39, 0.29) is 0 Å². The summed E-state index contributed by atoms with van der Waals surface area (Å²) < 4.78 is 15.0. The Morgan fingerprint density at radius 2 is 1.03 bits per heavy atom. The van der Waals surface area contributed by atoms with Crippen LogP contribution >= 0.6 is 15.9 Å². The average molecular weight is 579 g/mol. The molecule has 0 aliphatic carbocycles. The Morgan fingerprint density at radius 3 is 1.27 bits per heavy atom. The maximum absolute atomic E-state index is 9.15. The Balaban J connectivity index is 0.000000565. The smallest absolute Gasteiger partial charge is 0.423 e. The molecule has 2 aromatic rings. The average Bonchev–Trinajstić information content (AvgIpc) is 2.85. The molecule has 0 saturated heterocycles. The molecule has 8 heteroatoms. The number of benzene rings is 2. The fraction of sp³-hybridized carbons (Fsp3) is 0.586. The summed E-state index contributed by atoms with van der Waals surface area (Å²) in [5, 5.41) is 18.3. The van der Waals surface area contributed by atoms with Crippen molar-refractivity contribution in [2.45, 2.75) is 81.1 Å². The summed E-state index contributed by atoms with van der Waals surface area (Å²) in [7, 11) is 2.66. The first-order valence-corrected chi connectivity index (χ1v) is 13.9. The maximum Gasteiger partial charge on any atom is 0.638 e. The first kappa shape index (κ1) is 35.8. The standard InChI is InChI=1S/C13H21BO2.C13H19Br.C3H9BO3/c1-5-9(2)6-13-10(3)7-12(14(15)16)8-11(13)4;1-5-9(2)6-13-10(3)7-12(14)8-11(13)4;1-5-4(6-2)7-3/h7-9,15-16H,5-6H2,1-4H3;7-9H,5-6H2,1-4H3;1-3H3. The highest BCUT2D eigenvalue weighted by molar-refractivity contribution is 9.10. The minimum absolute atomic E-state index is 0.514. The summed E-state index contributed by atoms with van der Waals surface area (Å²) in [4.78, 5) is 0. The summed E-state index contributed by atoms with van der Waals surface area (Å²) in [6.07, 6.45) is 4.70. The van der Waals surface area contributed by atoms with E-state index in [0.29, 0.717) is 11.4 Å². The second-order valence-corrected chi connectivity index (χ2v) is 10.9. The van der Waals surface area contributed by atoms with Crippen LogP contribution in [0, 0.1) is 39.5 Å². The van der Waals surface area contributed by atoms with Crippen LogP contribution in [0.4, 0.5) is 0 Å². The Labute approximate surface area is 235 Å². The van der Waals surface area contributed by atoms with E-state index in [1.165, 1.54) is 67.3 Å². The molecule has 208 valence electrons. The maximum atomic E-state index is 9.15. The Kier molecular flexibility index (Phi) is 18.4. The SMILES string of the molecule is CCC(C)Cc1c(C)cc(B(O)O)cc1C.CCC(C)Cc1c(C)cc(Br)cc1C.COB(OC)OC. The zero-order valence-electron chi connectivity index (χ0n) is 24.9. The lowest BCUT2D eigenvalue weighted by molar-refractivity contribution is 0.163. The second-order valence-electron chi connectivity index (χ2n) is 9.96. The third-order valence-electron chi connectivity index (χ3n) is 6.75. The molecule has 0 aliphatic heterocycles. The van der Waals surface area contributed by atoms with Gasteiger partial charge in [-0.2, -0.15) is 0 Å². The van der Waals surface area contributed by atoms with Crippen LogP contribution in [-0.2, 0) is 26.8 Å². The lowest BCUT2D eigenvalue weighted by Gasteiger charge is -2.15. The topological polar surface area (TPSA) is 68.2 Å². The van der Waals surface area contributed by atoms with Gasteiger partial charge in [0.15, 0.2) is 0 Å². The Bertz CT molecular complexity index is 868. The van der Waals surface area contributed by atoms with E-state index in [0.717, 1.165) is 23.5 Å². The predicted octanol–water partition coefficient (Wildman–Crippen LogP) is 6.14. The summed E-state index contributed by atoms with van der Waals surface area (Å²) in [6.45, 7) is 17.5. The van der Waals surface area contributed by atoms with Crippen LogP contribution in [-0.4, -0.2) is 45.8 Å². The molecule has 0 fully saturated rings. The first-order valence-electron chi connectivity index (χ1n) is 13.1. The van der Waals surface area contributed by atoms with Crippen LogP contribution < -0.4 is 5.46 Å². The van der Waals surface area contributed by atoms with Crippen molar-refractivity contribution >= 4 is 35.8 Å². The quantitative estimate of drug-likeness (QED) is 0.332. The molecule has 0 heterocycles. The van der Waals surface area contributed by atoms with Crippen molar-refractivity contribution < 1.29 is 24.0 Å². The van der Waals surface area contributed by atoms with Gasteiger partial charge in [-0.15, -0.1) is 0 Å². The molecular weight excluding hydrogens is 530 g/mol. The number of aryl methyl sites for hydroxylation is 4. The summed E-state index contributed by atoms with van der Waals surface area (Å²) in [5.74, 6) is 1.45. The molecule has 37 heavy (non-hydrogen) atoms. The Morgan fingerprint density at radius 1 is 0.703 bits per heavy atom. The van der Waals surface area contributed by atoms with Gasteiger partial charge in [0.2, 0.25) is 0 Å². The van der Waals surface area contributed by atoms with Crippen molar-refractivity contribution in [2.75, 3.05) is 21.3 Å². The van der Waals surface area contributed by atoms with Gasteiger partial charge < -0.3 is 24.0 Å². The molecular formula is C29H49B2BrO5. The van der Waals surface area contributed by atoms with Gasteiger partial charge in [-0.25, -0.2) is 0 Å². The fourth-order valence-electron chi connectivity index (χ4n) is 4.03. The van der Waals surface area contributed by atoms with Gasteiger partial charge in [-0.05, 0) is 103 Å². The van der Waals surface area contributed by atoms with E-state index in [9.17, 15) is 0 Å². The second kappa shape index (κ2) is 19.0. The molecule has 0 bridgehead atoms. The van der Waals surface area contributed by atoms with E-state index in [2.05, 4.69) is 83.6 Å². The first-order chi connectivity index (χ1) is 17.3. The molecule has 2 N–H and O–H groups in total. The number of hydrogen-bond acceptors (Lipinski definition) is 5. The van der Waals surface area contributed by atoms with Gasteiger partial charge in [-0.1, -0.05) is 68.6 Å². The molecule has 0 aliphatic rings. The lowest BCUT2D eigenvalue weighted by Crippen LogP contribution is -2.30. The highest BCUT2D eigenvalue weighted by Crippen LogP contribution is 2.24. The summed E-state index contributed by atoms with van der Waals surface area (Å²) in [6, 6.07) is 8.17. The molecule has 0 spiro atoms. The molecule has 0 radical (unpaired) electrons. The summed E-state index contributed by atoms with van der Waals surface area (Å²) >= 11 is 3.53. The van der Waals surface area contributed by atoms with Gasteiger partial charge in [0.25, 0.3) is 0 Å². The molecule has 2 unspecified atom stereocenters. The fourth-order valence-corrected chi connectivity index (χ4v) is 4.72. The van der Waals surface area contributed by atoms with Crippen molar-refractivity contribution in [2.24, 2.45) is 11.8 Å². The zero-order chi connectivity index (χ0) is 28.7. The molecule has 0 amide bonds. The number of rotatable bonds is 10. The van der Waals surface area contributed by atoms with E-state index in [4.69, 9.17) is 10.0 Å². The highest BCUT2D eigenvalue weighted by Gasteiger charge is 2.15. The van der Waals surface area contributed by atoms with Gasteiger partial charge in [0, 0.05) is 25.8 Å². The van der Waals surface area contributed by atoms with E-state index in [1.54, 1.807) is 0 Å².